The van der Waals surface area contributed by atoms with Gasteiger partial charge in [0.05, 0.1) is 36.3 Å². The highest BCUT2D eigenvalue weighted by Gasteiger charge is 2.64. The molecular weight excluding hydrogens is 662 g/mol. The molecule has 270 valence electrons. The lowest BCUT2D eigenvalue weighted by Crippen LogP contribution is -2.60. The molecule has 3 heterocycles. The monoisotopic (exact) mass is 709 g/mol. The Morgan fingerprint density at radius 1 is 1.20 bits per heavy atom. The number of aliphatic hydroxyl groups is 1. The minimum Gasteiger partial charge on any atom is -0.496 e. The highest BCUT2D eigenvalue weighted by molar-refractivity contribution is 6.34. The number of nitrogen functional groups attached to an aromatic ring is 1. The van der Waals surface area contributed by atoms with E-state index in [2.05, 4.69) is 5.32 Å². The number of amides is 2. The summed E-state index contributed by atoms with van der Waals surface area (Å²) in [7, 11) is 3.23. The van der Waals surface area contributed by atoms with E-state index < -0.39 is 59.5 Å². The standard InChI is InChI=1S/C38H48ClN3O8/c1-20(2)35(44)49-31-18-32(43)42(7)28-15-24(16-29(47-8)33(28)26-13-12-25(40)17-27(26)39)14-21(3)10-9-11-22(4)38(46)19-30(48-36(45)41-38)23(5)34-37(31,6)50-34/h9-13,15-17,20,22-23,30-31,34,46H,14,18-19,40H2,1-8H3,(H,41,45)/b11-9+,21-10+/t22-,23-,30+,31+,34+,37+,38+/m1/s1. The normalized spacial score (nSPS) is 31.9. The lowest BCUT2D eigenvalue weighted by molar-refractivity contribution is -0.157. The van der Waals surface area contributed by atoms with Crippen LogP contribution in [0.5, 0.6) is 5.75 Å². The molecule has 3 aliphatic heterocycles. The van der Waals surface area contributed by atoms with E-state index in [1.165, 1.54) is 4.90 Å². The molecule has 0 spiro atoms. The molecule has 7 atom stereocenters. The lowest BCUT2D eigenvalue weighted by Gasteiger charge is -2.41. The Balaban J connectivity index is 1.65. The van der Waals surface area contributed by atoms with Crippen LogP contribution in [0.1, 0.15) is 59.9 Å². The van der Waals surface area contributed by atoms with Gasteiger partial charge in [-0.1, -0.05) is 69.2 Å². The fraction of sp³-hybridized carbons (Fsp3) is 0.500. The zero-order valence-electron chi connectivity index (χ0n) is 29.9. The van der Waals surface area contributed by atoms with E-state index in [0.717, 1.165) is 11.1 Å². The molecule has 0 aliphatic carbocycles. The van der Waals surface area contributed by atoms with Gasteiger partial charge in [-0.25, -0.2) is 4.79 Å². The van der Waals surface area contributed by atoms with Crippen LogP contribution in [0.3, 0.4) is 0 Å². The van der Waals surface area contributed by atoms with Crippen LogP contribution in [-0.4, -0.2) is 66.9 Å². The Hall–Kier alpha value is -4.06. The smallest absolute Gasteiger partial charge is 0.409 e. The van der Waals surface area contributed by atoms with Crippen LogP contribution in [0.15, 0.2) is 54.1 Å². The zero-order chi connectivity index (χ0) is 36.7. The molecule has 0 radical (unpaired) electrons. The van der Waals surface area contributed by atoms with Crippen molar-refractivity contribution in [2.24, 2.45) is 17.8 Å². The predicted octanol–water partition coefficient (Wildman–Crippen LogP) is 6.19. The van der Waals surface area contributed by atoms with Crippen LogP contribution in [0, 0.1) is 17.8 Å². The number of carbonyl (C=O) groups is 3. The van der Waals surface area contributed by atoms with E-state index in [1.807, 2.05) is 51.1 Å². The average molecular weight is 710 g/mol. The van der Waals surface area contributed by atoms with Gasteiger partial charge in [-0.05, 0) is 50.1 Å². The highest BCUT2D eigenvalue weighted by Crippen LogP contribution is 2.50. The van der Waals surface area contributed by atoms with Crippen LogP contribution in [-0.2, 0) is 30.2 Å². The Bertz CT molecular complexity index is 1730. The number of benzene rings is 2. The van der Waals surface area contributed by atoms with Gasteiger partial charge in [-0.2, -0.15) is 0 Å². The predicted molar refractivity (Wildman–Crippen MR) is 192 cm³/mol. The van der Waals surface area contributed by atoms with Gasteiger partial charge >= 0.3 is 12.1 Å². The van der Waals surface area contributed by atoms with Crippen molar-refractivity contribution in [2.45, 2.75) is 90.4 Å². The van der Waals surface area contributed by atoms with Gasteiger partial charge in [-0.15, -0.1) is 0 Å². The highest BCUT2D eigenvalue weighted by atomic mass is 35.5. The SMILES string of the molecule is COc1cc2cc(c1-c1ccc(N)cc1Cl)N(C)C(=O)C[C@H](OC(=O)C(C)C)[C@]1(C)O[C@H]1[C@H](C)[C@@H]1C[C@@](O)(NC(=O)O1)[C@H](C)/C=C/C=C(\C)C2. The number of nitrogens with one attached hydrogen (secondary N) is 1. The van der Waals surface area contributed by atoms with Crippen molar-refractivity contribution < 1.29 is 38.4 Å². The molecular formula is C38H48ClN3O8. The fourth-order valence-corrected chi connectivity index (χ4v) is 7.13. The molecule has 2 aromatic rings. The van der Waals surface area contributed by atoms with Crippen LogP contribution in [0.2, 0.25) is 5.02 Å². The maximum Gasteiger partial charge on any atom is 0.409 e. The molecule has 2 fully saturated rings. The zero-order valence-corrected chi connectivity index (χ0v) is 30.7. The Morgan fingerprint density at radius 3 is 2.58 bits per heavy atom. The number of anilines is 2. The molecule has 0 unspecified atom stereocenters. The summed E-state index contributed by atoms with van der Waals surface area (Å²) in [6, 6.07) is 9.01. The maximum atomic E-state index is 14.3. The Labute approximate surface area is 298 Å². The van der Waals surface area contributed by atoms with Crippen molar-refractivity contribution in [2.75, 3.05) is 24.8 Å². The number of rotatable bonds is 4. The minimum atomic E-state index is -1.58. The first-order chi connectivity index (χ1) is 23.5. The van der Waals surface area contributed by atoms with Crippen molar-refractivity contribution in [1.29, 1.82) is 0 Å². The van der Waals surface area contributed by atoms with Gasteiger partial charge in [0.15, 0.2) is 0 Å². The van der Waals surface area contributed by atoms with Crippen molar-refractivity contribution in [1.82, 2.24) is 5.32 Å². The second-order valence-electron chi connectivity index (χ2n) is 14.3. The van der Waals surface area contributed by atoms with Gasteiger partial charge in [0.25, 0.3) is 0 Å². The van der Waals surface area contributed by atoms with Crippen molar-refractivity contribution in [3.05, 3.63) is 64.7 Å². The number of nitrogens with two attached hydrogens (primary N) is 1. The van der Waals surface area contributed by atoms with Crippen LogP contribution in [0.25, 0.3) is 11.1 Å². The van der Waals surface area contributed by atoms with E-state index in [9.17, 15) is 19.5 Å². The van der Waals surface area contributed by atoms with E-state index in [-0.39, 0.29) is 18.7 Å². The molecule has 0 aromatic heterocycles. The maximum absolute atomic E-state index is 14.3. The van der Waals surface area contributed by atoms with Gasteiger partial charge in [-0.3, -0.25) is 14.9 Å². The number of esters is 1. The summed E-state index contributed by atoms with van der Waals surface area (Å²) in [6.45, 7) is 10.9. The van der Waals surface area contributed by atoms with Crippen LogP contribution >= 0.6 is 11.6 Å². The number of methoxy groups -OCH3 is 1. The van der Waals surface area contributed by atoms with Gasteiger partial charge in [0.1, 0.15) is 29.3 Å². The first kappa shape index (κ1) is 37.2. The number of alkyl carbamates (subject to hydrolysis) is 1. The van der Waals surface area contributed by atoms with Crippen molar-refractivity contribution in [3.8, 4) is 16.9 Å². The van der Waals surface area contributed by atoms with Crippen molar-refractivity contribution in [3.63, 3.8) is 0 Å². The van der Waals surface area contributed by atoms with E-state index >= 15 is 0 Å². The first-order valence-corrected chi connectivity index (χ1v) is 17.3. The number of carbonyl (C=O) groups excluding carboxylic acids is 3. The summed E-state index contributed by atoms with van der Waals surface area (Å²) in [4.78, 5) is 41.7. The molecule has 11 nitrogen and oxygen atoms in total. The van der Waals surface area contributed by atoms with Crippen LogP contribution in [0.4, 0.5) is 16.2 Å². The number of hydrogen-bond acceptors (Lipinski definition) is 9. The largest absolute Gasteiger partial charge is 0.496 e. The second kappa shape index (κ2) is 14.3. The number of allylic oxidation sites excluding steroid dienone is 3. The number of halogens is 1. The topological polar surface area (TPSA) is 153 Å². The molecule has 4 N–H and O–H groups in total. The third-order valence-corrected chi connectivity index (χ3v) is 10.5. The van der Waals surface area contributed by atoms with E-state index in [1.54, 1.807) is 53.1 Å². The number of nitrogens with zero attached hydrogens (tertiary/aromatic N) is 1. The molecule has 50 heavy (non-hydrogen) atoms. The molecule has 5 rings (SSSR count). The third-order valence-electron chi connectivity index (χ3n) is 10.1. The summed E-state index contributed by atoms with van der Waals surface area (Å²) in [6.07, 6.45) is 3.09. The first-order valence-electron chi connectivity index (χ1n) is 16.9. The quantitative estimate of drug-likeness (QED) is 0.192. The summed E-state index contributed by atoms with van der Waals surface area (Å²) in [5.74, 6) is -1.65. The van der Waals surface area contributed by atoms with Gasteiger partial charge < -0.3 is 34.7 Å². The third kappa shape index (κ3) is 7.50. The summed E-state index contributed by atoms with van der Waals surface area (Å²) in [5.41, 5.74) is 7.49. The molecule has 2 saturated heterocycles. The van der Waals surface area contributed by atoms with E-state index in [0.29, 0.717) is 39.7 Å². The van der Waals surface area contributed by atoms with E-state index in [4.69, 9.17) is 36.3 Å². The lowest BCUT2D eigenvalue weighted by atomic mass is 9.82. The molecule has 12 heteroatoms. The number of hydrogen-bond donors (Lipinski definition) is 3. The second-order valence-corrected chi connectivity index (χ2v) is 14.7. The Kier molecular flexibility index (Phi) is 10.6. The number of ether oxygens (including phenoxy) is 4. The molecule has 3 aliphatic rings. The molecule has 4 bridgehead atoms. The molecule has 2 amide bonds. The fourth-order valence-electron chi connectivity index (χ4n) is 6.84. The van der Waals surface area contributed by atoms with Gasteiger partial charge in [0, 0.05) is 42.1 Å². The molecule has 0 saturated carbocycles. The number of fused-ring (bicyclic) bond motifs is 5. The molecule has 2 aromatic carbocycles. The average Bonchev–Trinajstić information content (AvgIpc) is 3.74. The van der Waals surface area contributed by atoms with Gasteiger partial charge in [0.2, 0.25) is 5.91 Å². The van der Waals surface area contributed by atoms with Crippen LogP contribution < -0.4 is 20.7 Å². The summed E-state index contributed by atoms with van der Waals surface area (Å²) < 4.78 is 23.8. The minimum absolute atomic E-state index is 0.101. The van der Waals surface area contributed by atoms with Crippen molar-refractivity contribution >= 4 is 40.9 Å². The number of epoxide rings is 1. The summed E-state index contributed by atoms with van der Waals surface area (Å²) >= 11 is 6.73. The Morgan fingerprint density at radius 2 is 1.92 bits per heavy atom. The summed E-state index contributed by atoms with van der Waals surface area (Å²) in [5, 5.41) is 14.6.